The molecule has 0 atom stereocenters. The number of carbonyl (C=O) groups excluding carboxylic acids is 1. The molecule has 3 aromatic rings. The molecule has 0 saturated heterocycles. The van der Waals surface area contributed by atoms with Gasteiger partial charge in [-0.25, -0.2) is 4.98 Å². The highest BCUT2D eigenvalue weighted by Crippen LogP contribution is 2.34. The molecule has 5 rings (SSSR count). The average molecular weight is 461 g/mol. The second kappa shape index (κ2) is 8.61. The number of hydrogen-bond donors (Lipinski definition) is 0. The lowest BCUT2D eigenvalue weighted by Crippen LogP contribution is -2.23. The highest BCUT2D eigenvalue weighted by atomic mass is 35.5. The van der Waals surface area contributed by atoms with Crippen molar-refractivity contribution in [2.45, 2.75) is 51.9 Å². The number of aromatic nitrogens is 2. The largest absolute Gasteiger partial charge is 0.467 e. The van der Waals surface area contributed by atoms with Crippen LogP contribution in [0.25, 0.3) is 10.2 Å². The van der Waals surface area contributed by atoms with Crippen molar-refractivity contribution >= 4 is 39.1 Å². The molecule has 0 amide bonds. The van der Waals surface area contributed by atoms with Crippen molar-refractivity contribution in [2.24, 2.45) is 0 Å². The molecule has 31 heavy (non-hydrogen) atoms. The van der Waals surface area contributed by atoms with Gasteiger partial charge >= 0.3 is 5.97 Å². The van der Waals surface area contributed by atoms with E-state index >= 15 is 0 Å². The molecule has 1 aliphatic heterocycles. The number of hydrogen-bond acceptors (Lipinski definition) is 7. The summed E-state index contributed by atoms with van der Waals surface area (Å²) in [5.74, 6) is 0.247. The van der Waals surface area contributed by atoms with Gasteiger partial charge in [0.2, 0.25) is 0 Å². The summed E-state index contributed by atoms with van der Waals surface area (Å²) in [5.41, 5.74) is 2.60. The minimum absolute atomic E-state index is 0.0476. The molecule has 0 spiro atoms. The first-order valence-corrected chi connectivity index (χ1v) is 11.5. The average Bonchev–Trinajstić information content (AvgIpc) is 3.16. The summed E-state index contributed by atoms with van der Waals surface area (Å²) in [5, 5.41) is 1.25. The van der Waals surface area contributed by atoms with Crippen LogP contribution in [0.15, 0.2) is 23.3 Å². The zero-order chi connectivity index (χ0) is 21.4. The van der Waals surface area contributed by atoms with Gasteiger partial charge in [0, 0.05) is 27.6 Å². The van der Waals surface area contributed by atoms with Crippen LogP contribution >= 0.6 is 22.9 Å². The lowest BCUT2D eigenvalue weighted by molar-refractivity contribution is -0.145. The van der Waals surface area contributed by atoms with Gasteiger partial charge in [-0.3, -0.25) is 14.2 Å². The molecule has 0 N–H and O–H groups in total. The third-order valence-electron chi connectivity index (χ3n) is 5.64. The first-order valence-electron chi connectivity index (χ1n) is 10.3. The van der Waals surface area contributed by atoms with E-state index in [4.69, 9.17) is 25.8 Å². The summed E-state index contributed by atoms with van der Waals surface area (Å²) < 4.78 is 17.7. The minimum Gasteiger partial charge on any atom is -0.467 e. The Morgan fingerprint density at radius 3 is 3.06 bits per heavy atom. The number of esters is 1. The third-order valence-corrected chi connectivity index (χ3v) is 7.06. The van der Waals surface area contributed by atoms with E-state index in [1.54, 1.807) is 23.5 Å². The van der Waals surface area contributed by atoms with Gasteiger partial charge in [-0.15, -0.1) is 11.3 Å². The van der Waals surface area contributed by atoms with Crippen LogP contribution in [-0.2, 0) is 46.9 Å². The first-order chi connectivity index (χ1) is 15.1. The fraction of sp³-hybridized carbons (Fsp3) is 0.409. The van der Waals surface area contributed by atoms with Crippen LogP contribution in [0.5, 0.6) is 5.75 Å². The number of rotatable bonds is 5. The standard InChI is InChI=1S/C22H21ClN2O5S/c23-15-7-13-9-28-12-30-20(13)14(8-15)10-29-18(26)5-6-25-11-24-21-19(22(25)27)16-3-1-2-4-17(16)31-21/h7-8,11H,1-6,9-10,12H2. The SMILES string of the molecule is O=C(CCn1cnc2sc3c(c2c1=O)CCCC3)OCc1cc(Cl)cc2c1OCOC2. The maximum atomic E-state index is 13.0. The van der Waals surface area contributed by atoms with E-state index in [9.17, 15) is 9.59 Å². The molecule has 0 radical (unpaired) electrons. The van der Waals surface area contributed by atoms with Gasteiger partial charge < -0.3 is 14.2 Å². The first kappa shape index (κ1) is 20.5. The molecule has 3 heterocycles. The van der Waals surface area contributed by atoms with Crippen LogP contribution in [0.4, 0.5) is 0 Å². The van der Waals surface area contributed by atoms with Gasteiger partial charge in [0.1, 0.15) is 17.2 Å². The number of halogens is 1. The van der Waals surface area contributed by atoms with E-state index in [1.807, 2.05) is 0 Å². The van der Waals surface area contributed by atoms with Crippen molar-refractivity contribution in [1.82, 2.24) is 9.55 Å². The smallest absolute Gasteiger partial charge is 0.307 e. The maximum absolute atomic E-state index is 13.0. The predicted octanol–water partition coefficient (Wildman–Crippen LogP) is 3.99. The molecular weight excluding hydrogens is 440 g/mol. The quantitative estimate of drug-likeness (QED) is 0.535. The lowest BCUT2D eigenvalue weighted by Gasteiger charge is -2.21. The molecule has 0 saturated carbocycles. The molecule has 0 unspecified atom stereocenters. The highest BCUT2D eigenvalue weighted by Gasteiger charge is 2.21. The van der Waals surface area contributed by atoms with Crippen molar-refractivity contribution in [3.63, 3.8) is 0 Å². The zero-order valence-electron chi connectivity index (χ0n) is 16.8. The minimum atomic E-state index is -0.403. The second-order valence-electron chi connectivity index (χ2n) is 7.71. The van der Waals surface area contributed by atoms with E-state index < -0.39 is 5.97 Å². The van der Waals surface area contributed by atoms with Gasteiger partial charge in [-0.1, -0.05) is 11.6 Å². The predicted molar refractivity (Wildman–Crippen MR) is 117 cm³/mol. The van der Waals surface area contributed by atoms with Crippen molar-refractivity contribution in [3.8, 4) is 5.75 Å². The van der Waals surface area contributed by atoms with E-state index in [1.165, 1.54) is 15.8 Å². The zero-order valence-corrected chi connectivity index (χ0v) is 18.4. The number of carbonyl (C=O) groups is 1. The summed E-state index contributed by atoms with van der Waals surface area (Å²) in [6.07, 6.45) is 5.81. The van der Waals surface area contributed by atoms with Crippen LogP contribution in [-0.4, -0.2) is 22.3 Å². The number of nitrogens with zero attached hydrogens (tertiary/aromatic N) is 2. The molecule has 7 nitrogen and oxygen atoms in total. The molecule has 9 heteroatoms. The summed E-state index contributed by atoms with van der Waals surface area (Å²) >= 11 is 7.77. The maximum Gasteiger partial charge on any atom is 0.307 e. The van der Waals surface area contributed by atoms with Gasteiger partial charge in [0.15, 0.2) is 6.79 Å². The van der Waals surface area contributed by atoms with Crippen molar-refractivity contribution < 1.29 is 19.0 Å². The number of aryl methyl sites for hydroxylation is 3. The fourth-order valence-electron chi connectivity index (χ4n) is 4.15. The van der Waals surface area contributed by atoms with Crippen molar-refractivity contribution in [1.29, 1.82) is 0 Å². The number of ether oxygens (including phenoxy) is 3. The Bertz CT molecular complexity index is 1220. The monoisotopic (exact) mass is 460 g/mol. The third kappa shape index (κ3) is 4.07. The molecule has 0 bridgehead atoms. The van der Waals surface area contributed by atoms with Crippen molar-refractivity contribution in [2.75, 3.05) is 6.79 Å². The summed E-state index contributed by atoms with van der Waals surface area (Å²) in [6, 6.07) is 3.50. The van der Waals surface area contributed by atoms with Gasteiger partial charge in [0.05, 0.1) is 24.7 Å². The van der Waals surface area contributed by atoms with E-state index in [-0.39, 0.29) is 31.9 Å². The second-order valence-corrected chi connectivity index (χ2v) is 9.23. The molecule has 1 aromatic carbocycles. The normalized spacial score (nSPS) is 15.3. The summed E-state index contributed by atoms with van der Waals surface area (Å²) in [6.45, 7) is 0.830. The number of benzene rings is 1. The molecule has 0 fully saturated rings. The van der Waals surface area contributed by atoms with Crippen LogP contribution in [0.2, 0.25) is 5.02 Å². The van der Waals surface area contributed by atoms with Crippen LogP contribution in [0.1, 0.15) is 40.8 Å². The number of fused-ring (bicyclic) bond motifs is 4. The van der Waals surface area contributed by atoms with Crippen LogP contribution in [0.3, 0.4) is 0 Å². The topological polar surface area (TPSA) is 79.7 Å². The highest BCUT2D eigenvalue weighted by molar-refractivity contribution is 7.18. The Balaban J connectivity index is 1.26. The van der Waals surface area contributed by atoms with Crippen molar-refractivity contribution in [3.05, 3.63) is 55.4 Å². The molecular formula is C22H21ClN2O5S. The number of thiophene rings is 1. The molecule has 2 aromatic heterocycles. The summed E-state index contributed by atoms with van der Waals surface area (Å²) in [7, 11) is 0. The Morgan fingerprint density at radius 1 is 1.29 bits per heavy atom. The molecule has 1 aliphatic carbocycles. The Morgan fingerprint density at radius 2 is 2.16 bits per heavy atom. The van der Waals surface area contributed by atoms with Gasteiger partial charge in [-0.2, -0.15) is 0 Å². The Kier molecular flexibility index (Phi) is 5.69. The van der Waals surface area contributed by atoms with E-state index in [2.05, 4.69) is 4.98 Å². The lowest BCUT2D eigenvalue weighted by atomic mass is 9.97. The van der Waals surface area contributed by atoms with E-state index in [0.29, 0.717) is 22.9 Å². The Labute approximate surface area is 187 Å². The Hall–Kier alpha value is -2.42. The molecule has 162 valence electrons. The van der Waals surface area contributed by atoms with Crippen LogP contribution in [0, 0.1) is 0 Å². The summed E-state index contributed by atoms with van der Waals surface area (Å²) in [4.78, 5) is 31.9. The fourth-order valence-corrected chi connectivity index (χ4v) is 5.63. The molecule has 2 aliphatic rings. The van der Waals surface area contributed by atoms with Gasteiger partial charge in [0.25, 0.3) is 5.56 Å². The van der Waals surface area contributed by atoms with Gasteiger partial charge in [-0.05, 0) is 43.4 Å². The van der Waals surface area contributed by atoms with Crippen LogP contribution < -0.4 is 10.3 Å². The van der Waals surface area contributed by atoms with E-state index in [0.717, 1.165) is 47.0 Å².